The Hall–Kier alpha value is -1.03. The smallest absolute Gasteiger partial charge is 0.339 e. The van der Waals surface area contributed by atoms with Gasteiger partial charge in [-0.15, -0.1) is 0 Å². The molecule has 2 atom stereocenters. The molecule has 2 N–H and O–H groups in total. The van der Waals surface area contributed by atoms with E-state index in [1.54, 1.807) is 18.2 Å². The van der Waals surface area contributed by atoms with Crippen LogP contribution in [0.2, 0.25) is 0 Å². The molecule has 1 aromatic carbocycles. The Morgan fingerprint density at radius 1 is 1.47 bits per heavy atom. The monoisotopic (exact) mass is 325 g/mol. The molecule has 0 amide bonds. The number of nitrogens with two attached hydrogens (primary N) is 1. The quantitative estimate of drug-likeness (QED) is 0.670. The Balaban J connectivity index is 2.02. The molecule has 1 aliphatic carbocycles. The summed E-state index contributed by atoms with van der Waals surface area (Å²) >= 11 is 3.35. The molecule has 1 saturated carbocycles. The predicted molar refractivity (Wildman–Crippen MR) is 80.0 cm³/mol. The zero-order valence-corrected chi connectivity index (χ0v) is 12.8. The Labute approximate surface area is 122 Å². The van der Waals surface area contributed by atoms with E-state index in [1.807, 2.05) is 0 Å². The first-order valence-corrected chi connectivity index (χ1v) is 7.66. The van der Waals surface area contributed by atoms with Crippen molar-refractivity contribution >= 4 is 27.6 Å². The Bertz CT molecular complexity index is 461. The molecule has 1 fully saturated rings. The molecule has 0 aliphatic heterocycles. The lowest BCUT2D eigenvalue weighted by Gasteiger charge is -2.28. The standard InChI is InChI=1S/C15H20BrNO2/c1-2-10-5-3-6-11(9-10)19-15(18)12-7-4-8-13(17)14(12)16/h4,7-8,10-11H,2-3,5-6,9,17H2,1H3. The van der Waals surface area contributed by atoms with Crippen molar-refractivity contribution in [3.63, 3.8) is 0 Å². The first kappa shape index (κ1) is 14.4. The van der Waals surface area contributed by atoms with E-state index in [0.29, 0.717) is 21.6 Å². The fraction of sp³-hybridized carbons (Fsp3) is 0.533. The largest absolute Gasteiger partial charge is 0.459 e. The predicted octanol–water partition coefficient (Wildman–Crippen LogP) is 4.16. The minimum absolute atomic E-state index is 0.0551. The third kappa shape index (κ3) is 3.50. The minimum Gasteiger partial charge on any atom is -0.459 e. The molecule has 2 unspecified atom stereocenters. The van der Waals surface area contributed by atoms with E-state index in [9.17, 15) is 4.79 Å². The van der Waals surface area contributed by atoms with E-state index >= 15 is 0 Å². The number of ether oxygens (including phenoxy) is 1. The molecule has 4 heteroatoms. The Morgan fingerprint density at radius 3 is 3.00 bits per heavy atom. The fourth-order valence-electron chi connectivity index (χ4n) is 2.64. The molecule has 19 heavy (non-hydrogen) atoms. The average molecular weight is 326 g/mol. The normalized spacial score (nSPS) is 23.1. The molecule has 1 aromatic rings. The van der Waals surface area contributed by atoms with Crippen LogP contribution in [0.1, 0.15) is 49.4 Å². The van der Waals surface area contributed by atoms with E-state index in [2.05, 4.69) is 22.9 Å². The molecular weight excluding hydrogens is 306 g/mol. The maximum atomic E-state index is 12.2. The van der Waals surface area contributed by atoms with E-state index in [4.69, 9.17) is 10.5 Å². The molecular formula is C15H20BrNO2. The molecule has 3 nitrogen and oxygen atoms in total. The molecule has 0 spiro atoms. The average Bonchev–Trinajstić information content (AvgIpc) is 2.42. The summed E-state index contributed by atoms with van der Waals surface area (Å²) < 4.78 is 6.25. The summed E-state index contributed by atoms with van der Waals surface area (Å²) in [6.07, 6.45) is 5.58. The second-order valence-electron chi connectivity index (χ2n) is 5.18. The molecule has 2 rings (SSSR count). The van der Waals surface area contributed by atoms with Crippen LogP contribution in [0, 0.1) is 5.92 Å². The van der Waals surface area contributed by atoms with Gasteiger partial charge in [-0.1, -0.05) is 25.8 Å². The molecule has 0 aromatic heterocycles. The lowest BCUT2D eigenvalue weighted by molar-refractivity contribution is 0.0139. The van der Waals surface area contributed by atoms with Gasteiger partial charge < -0.3 is 10.5 Å². The molecule has 0 radical (unpaired) electrons. The lowest BCUT2D eigenvalue weighted by atomic mass is 9.85. The Morgan fingerprint density at radius 2 is 2.26 bits per heavy atom. The maximum absolute atomic E-state index is 12.2. The van der Waals surface area contributed by atoms with Crippen molar-refractivity contribution in [3.8, 4) is 0 Å². The summed E-state index contributed by atoms with van der Waals surface area (Å²) in [6, 6.07) is 5.27. The van der Waals surface area contributed by atoms with Crippen LogP contribution >= 0.6 is 15.9 Å². The van der Waals surface area contributed by atoms with Crippen molar-refractivity contribution in [2.45, 2.75) is 45.1 Å². The summed E-state index contributed by atoms with van der Waals surface area (Å²) in [6.45, 7) is 2.20. The number of anilines is 1. The highest BCUT2D eigenvalue weighted by molar-refractivity contribution is 9.10. The van der Waals surface area contributed by atoms with Crippen molar-refractivity contribution in [2.75, 3.05) is 5.73 Å². The van der Waals surface area contributed by atoms with Gasteiger partial charge in [0.1, 0.15) is 6.10 Å². The maximum Gasteiger partial charge on any atom is 0.339 e. The van der Waals surface area contributed by atoms with E-state index < -0.39 is 0 Å². The van der Waals surface area contributed by atoms with Gasteiger partial charge in [-0.3, -0.25) is 0 Å². The van der Waals surface area contributed by atoms with Gasteiger partial charge >= 0.3 is 5.97 Å². The van der Waals surface area contributed by atoms with Gasteiger partial charge in [-0.2, -0.15) is 0 Å². The summed E-state index contributed by atoms with van der Waals surface area (Å²) in [7, 11) is 0. The van der Waals surface area contributed by atoms with Crippen LogP contribution in [0.5, 0.6) is 0 Å². The minimum atomic E-state index is -0.277. The van der Waals surface area contributed by atoms with E-state index in [1.165, 1.54) is 6.42 Å². The van der Waals surface area contributed by atoms with Crippen molar-refractivity contribution in [3.05, 3.63) is 28.2 Å². The molecule has 1 aliphatic rings. The highest BCUT2D eigenvalue weighted by Gasteiger charge is 2.25. The molecule has 0 heterocycles. The number of halogens is 1. The number of hydrogen-bond donors (Lipinski definition) is 1. The second-order valence-corrected chi connectivity index (χ2v) is 5.97. The Kier molecular flexibility index (Phi) is 4.86. The molecule has 0 bridgehead atoms. The van der Waals surface area contributed by atoms with Gasteiger partial charge in [0.25, 0.3) is 0 Å². The van der Waals surface area contributed by atoms with Crippen molar-refractivity contribution in [1.29, 1.82) is 0 Å². The highest BCUT2D eigenvalue weighted by Crippen LogP contribution is 2.30. The van der Waals surface area contributed by atoms with Crippen LogP contribution in [0.25, 0.3) is 0 Å². The number of benzene rings is 1. The summed E-state index contributed by atoms with van der Waals surface area (Å²) in [5, 5.41) is 0. The number of rotatable bonds is 3. The van der Waals surface area contributed by atoms with Crippen LogP contribution < -0.4 is 5.73 Å². The van der Waals surface area contributed by atoms with Gasteiger partial charge in [-0.05, 0) is 53.2 Å². The van der Waals surface area contributed by atoms with Crippen LogP contribution in [0.15, 0.2) is 22.7 Å². The number of nitrogen functional groups attached to an aromatic ring is 1. The summed E-state index contributed by atoms with van der Waals surface area (Å²) in [4.78, 5) is 12.2. The first-order chi connectivity index (χ1) is 9.11. The summed E-state index contributed by atoms with van der Waals surface area (Å²) in [5.41, 5.74) is 6.85. The van der Waals surface area contributed by atoms with Gasteiger partial charge in [0.2, 0.25) is 0 Å². The van der Waals surface area contributed by atoms with Crippen LogP contribution in [0.4, 0.5) is 5.69 Å². The number of hydrogen-bond acceptors (Lipinski definition) is 3. The molecule has 104 valence electrons. The van der Waals surface area contributed by atoms with Crippen LogP contribution in [-0.4, -0.2) is 12.1 Å². The van der Waals surface area contributed by atoms with Crippen molar-refractivity contribution < 1.29 is 9.53 Å². The van der Waals surface area contributed by atoms with Crippen molar-refractivity contribution in [2.24, 2.45) is 5.92 Å². The molecule has 0 saturated heterocycles. The van der Waals surface area contributed by atoms with Gasteiger partial charge in [0.15, 0.2) is 0 Å². The first-order valence-electron chi connectivity index (χ1n) is 6.86. The van der Waals surface area contributed by atoms with Crippen LogP contribution in [0.3, 0.4) is 0 Å². The van der Waals surface area contributed by atoms with Crippen LogP contribution in [-0.2, 0) is 4.74 Å². The second kappa shape index (κ2) is 6.42. The van der Waals surface area contributed by atoms with Gasteiger partial charge in [0, 0.05) is 5.69 Å². The third-order valence-corrected chi connectivity index (χ3v) is 4.72. The van der Waals surface area contributed by atoms with E-state index in [0.717, 1.165) is 25.7 Å². The highest BCUT2D eigenvalue weighted by atomic mass is 79.9. The lowest BCUT2D eigenvalue weighted by Crippen LogP contribution is -2.25. The number of esters is 1. The van der Waals surface area contributed by atoms with Gasteiger partial charge in [0.05, 0.1) is 10.0 Å². The number of carbonyl (C=O) groups is 1. The topological polar surface area (TPSA) is 52.3 Å². The SMILES string of the molecule is CCC1CCCC(OC(=O)c2cccc(N)c2Br)C1. The zero-order valence-electron chi connectivity index (χ0n) is 11.2. The van der Waals surface area contributed by atoms with E-state index in [-0.39, 0.29) is 12.1 Å². The summed E-state index contributed by atoms with van der Waals surface area (Å²) in [5.74, 6) is 0.414. The van der Waals surface area contributed by atoms with Crippen molar-refractivity contribution in [1.82, 2.24) is 0 Å². The zero-order chi connectivity index (χ0) is 13.8. The fourth-order valence-corrected chi connectivity index (χ4v) is 3.07. The number of carbonyl (C=O) groups excluding carboxylic acids is 1. The van der Waals surface area contributed by atoms with Gasteiger partial charge in [-0.25, -0.2) is 4.79 Å². The third-order valence-electron chi connectivity index (χ3n) is 3.83.